The molecule has 1 amide bonds. The Morgan fingerprint density at radius 3 is 2.57 bits per heavy atom. The number of carbonyl (C=O) groups is 1. The Hall–Kier alpha value is -1.40. The standard InChI is InChI=1S/C17H24N2O3S/c1-21-14-3-4-16(22-2)15(11-14)17(20)19-8-6-18(7-9-19)13-5-10-23-12-13/h3-4,11,13H,5-10,12H2,1-2H3. The molecule has 0 bridgehead atoms. The van der Waals surface area contributed by atoms with Gasteiger partial charge in [0.1, 0.15) is 11.5 Å². The topological polar surface area (TPSA) is 42.0 Å². The molecule has 1 atom stereocenters. The summed E-state index contributed by atoms with van der Waals surface area (Å²) < 4.78 is 10.6. The fourth-order valence-electron chi connectivity index (χ4n) is 3.25. The van der Waals surface area contributed by atoms with Gasteiger partial charge >= 0.3 is 0 Å². The van der Waals surface area contributed by atoms with E-state index < -0.39 is 0 Å². The SMILES string of the molecule is COc1ccc(OC)c(C(=O)N2CCN(C3CCSC3)CC2)c1. The van der Waals surface area contributed by atoms with Crippen molar-refractivity contribution in [2.45, 2.75) is 12.5 Å². The van der Waals surface area contributed by atoms with Crippen LogP contribution >= 0.6 is 11.8 Å². The van der Waals surface area contributed by atoms with Crippen LogP contribution in [-0.2, 0) is 0 Å². The van der Waals surface area contributed by atoms with Crippen molar-refractivity contribution in [3.05, 3.63) is 23.8 Å². The Labute approximate surface area is 141 Å². The van der Waals surface area contributed by atoms with Crippen molar-refractivity contribution >= 4 is 17.7 Å². The molecule has 2 saturated heterocycles. The molecule has 2 aliphatic heterocycles. The third kappa shape index (κ3) is 3.58. The van der Waals surface area contributed by atoms with Crippen molar-refractivity contribution in [3.63, 3.8) is 0 Å². The summed E-state index contributed by atoms with van der Waals surface area (Å²) in [5.41, 5.74) is 0.580. The fraction of sp³-hybridized carbons (Fsp3) is 0.588. The van der Waals surface area contributed by atoms with Gasteiger partial charge in [-0.25, -0.2) is 0 Å². The predicted molar refractivity (Wildman–Crippen MR) is 92.8 cm³/mol. The average Bonchev–Trinajstić information content (AvgIpc) is 3.15. The van der Waals surface area contributed by atoms with Gasteiger partial charge in [0.15, 0.2) is 0 Å². The molecule has 2 aliphatic rings. The molecule has 0 aromatic heterocycles. The van der Waals surface area contributed by atoms with E-state index in [0.29, 0.717) is 23.1 Å². The van der Waals surface area contributed by atoms with Crippen molar-refractivity contribution in [2.24, 2.45) is 0 Å². The zero-order valence-corrected chi connectivity index (χ0v) is 14.6. The van der Waals surface area contributed by atoms with E-state index in [9.17, 15) is 4.79 Å². The Morgan fingerprint density at radius 2 is 1.96 bits per heavy atom. The van der Waals surface area contributed by atoms with E-state index in [0.717, 1.165) is 26.2 Å². The van der Waals surface area contributed by atoms with Crippen molar-refractivity contribution in [1.29, 1.82) is 0 Å². The van der Waals surface area contributed by atoms with Crippen LogP contribution in [0.1, 0.15) is 16.8 Å². The van der Waals surface area contributed by atoms with Crippen LogP contribution in [0.5, 0.6) is 11.5 Å². The summed E-state index contributed by atoms with van der Waals surface area (Å²) >= 11 is 2.04. The van der Waals surface area contributed by atoms with E-state index in [1.165, 1.54) is 17.9 Å². The Balaban J connectivity index is 1.67. The van der Waals surface area contributed by atoms with Crippen LogP contribution in [0.2, 0.25) is 0 Å². The maximum atomic E-state index is 12.8. The molecule has 0 aliphatic carbocycles. The van der Waals surface area contributed by atoms with Gasteiger partial charge in [-0.2, -0.15) is 11.8 Å². The van der Waals surface area contributed by atoms with Gasteiger partial charge in [-0.15, -0.1) is 0 Å². The Bertz CT molecular complexity index is 553. The van der Waals surface area contributed by atoms with Crippen LogP contribution in [0.25, 0.3) is 0 Å². The number of hydrogen-bond donors (Lipinski definition) is 0. The van der Waals surface area contributed by atoms with Gasteiger partial charge in [0.2, 0.25) is 0 Å². The lowest BCUT2D eigenvalue weighted by molar-refractivity contribution is 0.0585. The maximum Gasteiger partial charge on any atom is 0.257 e. The minimum absolute atomic E-state index is 0.0289. The largest absolute Gasteiger partial charge is 0.497 e. The van der Waals surface area contributed by atoms with Gasteiger partial charge in [0.05, 0.1) is 19.8 Å². The highest BCUT2D eigenvalue weighted by Gasteiger charge is 2.29. The van der Waals surface area contributed by atoms with E-state index in [1.54, 1.807) is 26.4 Å². The lowest BCUT2D eigenvalue weighted by atomic mass is 10.1. The number of carbonyl (C=O) groups excluding carboxylic acids is 1. The van der Waals surface area contributed by atoms with Gasteiger partial charge in [-0.05, 0) is 30.4 Å². The zero-order valence-electron chi connectivity index (χ0n) is 13.8. The molecule has 126 valence electrons. The molecule has 2 fully saturated rings. The minimum atomic E-state index is 0.0289. The van der Waals surface area contributed by atoms with E-state index in [4.69, 9.17) is 9.47 Å². The smallest absolute Gasteiger partial charge is 0.257 e. The summed E-state index contributed by atoms with van der Waals surface area (Å²) in [7, 11) is 3.20. The first-order chi connectivity index (χ1) is 11.2. The van der Waals surface area contributed by atoms with Gasteiger partial charge in [-0.3, -0.25) is 9.69 Å². The highest BCUT2D eigenvalue weighted by molar-refractivity contribution is 7.99. The molecule has 1 aromatic carbocycles. The van der Waals surface area contributed by atoms with E-state index >= 15 is 0 Å². The third-order valence-corrected chi connectivity index (χ3v) is 5.81. The second-order valence-electron chi connectivity index (χ2n) is 5.91. The van der Waals surface area contributed by atoms with Crippen LogP contribution in [-0.4, -0.2) is 73.7 Å². The molecule has 2 heterocycles. The summed E-state index contributed by atoms with van der Waals surface area (Å²) in [5, 5.41) is 0. The molecule has 1 aromatic rings. The van der Waals surface area contributed by atoms with Crippen molar-refractivity contribution in [2.75, 3.05) is 51.9 Å². The second kappa shape index (κ2) is 7.45. The van der Waals surface area contributed by atoms with Crippen LogP contribution in [0.4, 0.5) is 0 Å². The molecule has 0 saturated carbocycles. The van der Waals surface area contributed by atoms with Gasteiger partial charge in [0, 0.05) is 38.0 Å². The Morgan fingerprint density at radius 1 is 1.17 bits per heavy atom. The number of ether oxygens (including phenoxy) is 2. The molecule has 0 N–H and O–H groups in total. The molecule has 3 rings (SSSR count). The van der Waals surface area contributed by atoms with Gasteiger partial charge < -0.3 is 14.4 Å². The maximum absolute atomic E-state index is 12.8. The quantitative estimate of drug-likeness (QED) is 0.841. The van der Waals surface area contributed by atoms with Gasteiger partial charge in [-0.1, -0.05) is 0 Å². The van der Waals surface area contributed by atoms with E-state index in [2.05, 4.69) is 4.90 Å². The molecule has 1 unspecified atom stereocenters. The normalized spacial score (nSPS) is 22.2. The predicted octanol–water partition coefficient (Wildman–Crippen LogP) is 1.97. The van der Waals surface area contributed by atoms with E-state index in [-0.39, 0.29) is 5.91 Å². The summed E-state index contributed by atoms with van der Waals surface area (Å²) in [6.45, 7) is 3.48. The first-order valence-corrected chi connectivity index (χ1v) is 9.21. The molecule has 6 heteroatoms. The number of rotatable bonds is 4. The van der Waals surface area contributed by atoms with Crippen LogP contribution in [0.3, 0.4) is 0 Å². The summed E-state index contributed by atoms with van der Waals surface area (Å²) in [5.74, 6) is 3.81. The molecular formula is C17H24N2O3S. The molecule has 0 radical (unpaired) electrons. The summed E-state index contributed by atoms with van der Waals surface area (Å²) in [4.78, 5) is 17.3. The van der Waals surface area contributed by atoms with Gasteiger partial charge in [0.25, 0.3) is 5.91 Å². The average molecular weight is 336 g/mol. The lowest BCUT2D eigenvalue weighted by Crippen LogP contribution is -2.52. The van der Waals surface area contributed by atoms with Crippen LogP contribution < -0.4 is 9.47 Å². The molecular weight excluding hydrogens is 312 g/mol. The summed E-state index contributed by atoms with van der Waals surface area (Å²) in [6, 6.07) is 6.06. The minimum Gasteiger partial charge on any atom is -0.497 e. The highest BCUT2D eigenvalue weighted by atomic mass is 32.2. The van der Waals surface area contributed by atoms with Crippen molar-refractivity contribution in [3.8, 4) is 11.5 Å². The number of thioether (sulfide) groups is 1. The highest BCUT2D eigenvalue weighted by Crippen LogP contribution is 2.27. The number of amides is 1. The fourth-order valence-corrected chi connectivity index (χ4v) is 4.51. The number of benzene rings is 1. The van der Waals surface area contributed by atoms with Crippen LogP contribution in [0, 0.1) is 0 Å². The van der Waals surface area contributed by atoms with Crippen LogP contribution in [0.15, 0.2) is 18.2 Å². The number of methoxy groups -OCH3 is 2. The van der Waals surface area contributed by atoms with E-state index in [1.807, 2.05) is 22.7 Å². The monoisotopic (exact) mass is 336 g/mol. The molecule has 23 heavy (non-hydrogen) atoms. The first kappa shape index (κ1) is 16.5. The first-order valence-electron chi connectivity index (χ1n) is 8.06. The lowest BCUT2D eigenvalue weighted by Gasteiger charge is -2.38. The molecule has 5 nitrogen and oxygen atoms in total. The number of hydrogen-bond acceptors (Lipinski definition) is 5. The number of nitrogens with zero attached hydrogens (tertiary/aromatic N) is 2. The Kier molecular flexibility index (Phi) is 5.33. The number of piperazine rings is 1. The molecule has 0 spiro atoms. The van der Waals surface area contributed by atoms with Crippen molar-refractivity contribution in [1.82, 2.24) is 9.80 Å². The third-order valence-electron chi connectivity index (χ3n) is 4.66. The summed E-state index contributed by atoms with van der Waals surface area (Å²) in [6.07, 6.45) is 1.28. The second-order valence-corrected chi connectivity index (χ2v) is 7.06. The zero-order chi connectivity index (χ0) is 16.2. The van der Waals surface area contributed by atoms with Crippen molar-refractivity contribution < 1.29 is 14.3 Å².